The molecule has 2 N–H and O–H groups in total. The largest absolute Gasteiger partial charge is 0.496 e. The van der Waals surface area contributed by atoms with E-state index < -0.39 is 0 Å². The number of fused-ring (bicyclic) bond motifs is 1. The number of aryl methyl sites for hydroxylation is 2. The van der Waals surface area contributed by atoms with Crippen LogP contribution in [0.25, 0.3) is 0 Å². The van der Waals surface area contributed by atoms with Crippen LogP contribution < -0.4 is 15.0 Å². The smallest absolute Gasteiger partial charge is 0.133 e. The van der Waals surface area contributed by atoms with Gasteiger partial charge in [-0.25, -0.2) is 4.98 Å². The maximum atomic E-state index is 9.99. The molecule has 1 fully saturated rings. The zero-order valence-electron chi connectivity index (χ0n) is 16.1. The van der Waals surface area contributed by atoms with E-state index in [4.69, 9.17) is 4.74 Å². The number of ether oxygens (including phenoxy) is 1. The van der Waals surface area contributed by atoms with Crippen LogP contribution in [-0.4, -0.2) is 36.4 Å². The van der Waals surface area contributed by atoms with Crippen molar-refractivity contribution in [3.8, 4) is 5.75 Å². The van der Waals surface area contributed by atoms with Crippen molar-refractivity contribution >= 4 is 5.82 Å². The molecular formula is C22H29N3O2. The normalized spacial score (nSPS) is 19.2. The van der Waals surface area contributed by atoms with E-state index in [0.717, 1.165) is 44.0 Å². The summed E-state index contributed by atoms with van der Waals surface area (Å²) < 4.78 is 5.62. The molecule has 0 unspecified atom stereocenters. The van der Waals surface area contributed by atoms with Gasteiger partial charge in [0.25, 0.3) is 0 Å². The highest BCUT2D eigenvalue weighted by Crippen LogP contribution is 2.30. The minimum Gasteiger partial charge on any atom is -0.496 e. The van der Waals surface area contributed by atoms with E-state index in [1.807, 2.05) is 12.3 Å². The second-order valence-electron chi connectivity index (χ2n) is 7.62. The number of benzene rings is 1. The summed E-state index contributed by atoms with van der Waals surface area (Å²) in [6.07, 6.45) is 7.07. The number of anilines is 1. The Morgan fingerprint density at radius 2 is 2.00 bits per heavy atom. The predicted octanol–water partition coefficient (Wildman–Crippen LogP) is 2.83. The van der Waals surface area contributed by atoms with Crippen LogP contribution in [0.4, 0.5) is 5.82 Å². The number of hydrogen-bond acceptors (Lipinski definition) is 5. The van der Waals surface area contributed by atoms with Gasteiger partial charge in [-0.05, 0) is 55.4 Å². The maximum absolute atomic E-state index is 9.99. The third-order valence-corrected chi connectivity index (χ3v) is 5.69. The van der Waals surface area contributed by atoms with Crippen LogP contribution >= 0.6 is 0 Å². The van der Waals surface area contributed by atoms with Crippen molar-refractivity contribution in [3.05, 3.63) is 52.7 Å². The second kappa shape index (κ2) is 8.28. The Bertz CT molecular complexity index is 793. The topological polar surface area (TPSA) is 57.6 Å². The van der Waals surface area contributed by atoms with E-state index in [-0.39, 0.29) is 6.10 Å². The number of rotatable bonds is 6. The van der Waals surface area contributed by atoms with Crippen molar-refractivity contribution in [2.24, 2.45) is 0 Å². The quantitative estimate of drug-likeness (QED) is 0.822. The van der Waals surface area contributed by atoms with Gasteiger partial charge in [0.15, 0.2) is 0 Å². The van der Waals surface area contributed by atoms with Crippen molar-refractivity contribution in [1.82, 2.24) is 10.3 Å². The summed E-state index contributed by atoms with van der Waals surface area (Å²) in [5.41, 5.74) is 5.30. The van der Waals surface area contributed by atoms with E-state index in [2.05, 4.69) is 33.4 Å². The molecule has 0 radical (unpaired) electrons. The van der Waals surface area contributed by atoms with Gasteiger partial charge in [-0.3, -0.25) is 0 Å². The van der Waals surface area contributed by atoms with Gasteiger partial charge >= 0.3 is 0 Å². The van der Waals surface area contributed by atoms with Crippen LogP contribution in [0.3, 0.4) is 0 Å². The number of methoxy groups -OCH3 is 1. The lowest BCUT2D eigenvalue weighted by atomic mass is 10.0. The van der Waals surface area contributed by atoms with E-state index in [9.17, 15) is 5.11 Å². The molecule has 2 aromatic rings. The zero-order chi connectivity index (χ0) is 18.6. The number of aliphatic hydroxyl groups excluding tert-OH is 1. The van der Waals surface area contributed by atoms with Crippen LogP contribution in [0.5, 0.6) is 5.75 Å². The summed E-state index contributed by atoms with van der Waals surface area (Å²) in [6.45, 7) is 3.14. The molecule has 27 heavy (non-hydrogen) atoms. The van der Waals surface area contributed by atoms with E-state index in [0.29, 0.717) is 6.54 Å². The minimum atomic E-state index is -0.253. The van der Waals surface area contributed by atoms with Gasteiger partial charge in [-0.2, -0.15) is 0 Å². The molecule has 1 atom stereocenters. The highest BCUT2D eigenvalue weighted by atomic mass is 16.5. The number of nitrogens with one attached hydrogen (secondary N) is 1. The summed E-state index contributed by atoms with van der Waals surface area (Å²) >= 11 is 0. The Labute approximate surface area is 161 Å². The summed E-state index contributed by atoms with van der Waals surface area (Å²) in [5.74, 6) is 1.97. The van der Waals surface area contributed by atoms with E-state index >= 15 is 0 Å². The first-order chi connectivity index (χ1) is 13.2. The molecule has 2 aliphatic rings. The van der Waals surface area contributed by atoms with Gasteiger partial charge in [0.1, 0.15) is 11.6 Å². The molecular weight excluding hydrogens is 338 g/mol. The molecule has 0 spiro atoms. The summed E-state index contributed by atoms with van der Waals surface area (Å²) in [7, 11) is 1.75. The van der Waals surface area contributed by atoms with Crippen molar-refractivity contribution < 1.29 is 9.84 Å². The minimum absolute atomic E-state index is 0.253. The van der Waals surface area contributed by atoms with Gasteiger partial charge in [-0.15, -0.1) is 0 Å². The van der Waals surface area contributed by atoms with Crippen LogP contribution in [0, 0.1) is 0 Å². The van der Waals surface area contributed by atoms with Crippen molar-refractivity contribution in [2.45, 2.75) is 51.3 Å². The summed E-state index contributed by atoms with van der Waals surface area (Å²) in [5, 5.41) is 13.6. The van der Waals surface area contributed by atoms with Crippen molar-refractivity contribution in [1.29, 1.82) is 0 Å². The molecule has 1 aliphatic carbocycles. The average molecular weight is 367 g/mol. The molecule has 0 amide bonds. The van der Waals surface area contributed by atoms with Gasteiger partial charge in [-0.1, -0.05) is 12.1 Å². The number of pyridine rings is 1. The third kappa shape index (κ3) is 4.09. The molecule has 1 aromatic carbocycles. The highest BCUT2D eigenvalue weighted by Gasteiger charge is 2.21. The predicted molar refractivity (Wildman–Crippen MR) is 107 cm³/mol. The fourth-order valence-electron chi connectivity index (χ4n) is 4.31. The molecule has 0 bridgehead atoms. The van der Waals surface area contributed by atoms with Gasteiger partial charge in [0, 0.05) is 43.5 Å². The Balaban J connectivity index is 1.44. The number of nitrogens with zero attached hydrogens (tertiary/aromatic N) is 2. The number of piperidine rings is 1. The maximum Gasteiger partial charge on any atom is 0.133 e. The molecule has 144 valence electrons. The standard InChI is InChI=1S/C22H29N3O2/c1-27-21-12-17-6-2-5-16(17)11-19(21)14-23-13-18-7-3-9-24-22(18)25-10-4-8-20(26)15-25/h3,7,9,11-12,20,23,26H,2,4-6,8,10,13-15H2,1H3/t20-/m1/s1. The third-order valence-electron chi connectivity index (χ3n) is 5.69. The van der Waals surface area contributed by atoms with E-state index in [1.54, 1.807) is 7.11 Å². The number of aromatic nitrogens is 1. The van der Waals surface area contributed by atoms with Crippen LogP contribution in [0.2, 0.25) is 0 Å². The first-order valence-corrected chi connectivity index (χ1v) is 10.0. The molecule has 2 heterocycles. The van der Waals surface area contributed by atoms with E-state index in [1.165, 1.54) is 41.5 Å². The molecule has 1 aromatic heterocycles. The Kier molecular flexibility index (Phi) is 5.60. The van der Waals surface area contributed by atoms with Crippen molar-refractivity contribution in [2.75, 3.05) is 25.1 Å². The van der Waals surface area contributed by atoms with Gasteiger partial charge in [0.05, 0.1) is 13.2 Å². The lowest BCUT2D eigenvalue weighted by Gasteiger charge is -2.32. The average Bonchev–Trinajstić information content (AvgIpc) is 3.15. The Morgan fingerprint density at radius 1 is 1.19 bits per heavy atom. The first-order valence-electron chi connectivity index (χ1n) is 10.0. The number of β-amino-alcohol motifs (C(OH)–C–C–N with tert-alkyl or cyclic N) is 1. The number of hydrogen-bond donors (Lipinski definition) is 2. The molecule has 1 aliphatic heterocycles. The van der Waals surface area contributed by atoms with Gasteiger partial charge in [0.2, 0.25) is 0 Å². The van der Waals surface area contributed by atoms with Crippen LogP contribution in [0.15, 0.2) is 30.5 Å². The lowest BCUT2D eigenvalue weighted by Crippen LogP contribution is -2.39. The lowest BCUT2D eigenvalue weighted by molar-refractivity contribution is 0.154. The Hall–Kier alpha value is -2.11. The molecule has 5 heteroatoms. The summed E-state index contributed by atoms with van der Waals surface area (Å²) in [4.78, 5) is 6.80. The fourth-order valence-corrected chi connectivity index (χ4v) is 4.31. The molecule has 0 saturated carbocycles. The Morgan fingerprint density at radius 3 is 2.81 bits per heavy atom. The van der Waals surface area contributed by atoms with Crippen molar-refractivity contribution in [3.63, 3.8) is 0 Å². The molecule has 5 nitrogen and oxygen atoms in total. The summed E-state index contributed by atoms with van der Waals surface area (Å²) in [6, 6.07) is 8.62. The van der Waals surface area contributed by atoms with Gasteiger partial charge < -0.3 is 20.1 Å². The molecule has 1 saturated heterocycles. The van der Waals surface area contributed by atoms with Crippen LogP contribution in [-0.2, 0) is 25.9 Å². The monoisotopic (exact) mass is 367 g/mol. The SMILES string of the molecule is COc1cc2c(cc1CNCc1cccnc1N1CCC[C@@H](O)C1)CCC2. The molecule has 4 rings (SSSR count). The number of aliphatic hydroxyl groups is 1. The second-order valence-corrected chi connectivity index (χ2v) is 7.62. The first kappa shape index (κ1) is 18.3. The zero-order valence-corrected chi connectivity index (χ0v) is 16.1. The highest BCUT2D eigenvalue weighted by molar-refractivity contribution is 5.48. The fraction of sp³-hybridized carbons (Fsp3) is 0.500. The van der Waals surface area contributed by atoms with Crippen LogP contribution in [0.1, 0.15) is 41.5 Å².